The van der Waals surface area contributed by atoms with Crippen LogP contribution < -0.4 is 10.1 Å². The Balaban J connectivity index is 1.37. The third-order valence-electron chi connectivity index (χ3n) is 4.56. The van der Waals surface area contributed by atoms with Gasteiger partial charge in [-0.2, -0.15) is 0 Å². The molecule has 3 aromatic carbocycles. The lowest BCUT2D eigenvalue weighted by molar-refractivity contribution is -0.118. The molecule has 0 spiro atoms. The number of nitrogens with one attached hydrogen (secondary N) is 1. The van der Waals surface area contributed by atoms with Crippen LogP contribution in [0.5, 0.6) is 5.75 Å². The van der Waals surface area contributed by atoms with Gasteiger partial charge in [-0.05, 0) is 67.4 Å². The molecule has 30 heavy (non-hydrogen) atoms. The van der Waals surface area contributed by atoms with Gasteiger partial charge in [0.05, 0.1) is 0 Å². The fourth-order valence-electron chi connectivity index (χ4n) is 2.94. The van der Waals surface area contributed by atoms with Crippen LogP contribution in [0.25, 0.3) is 22.9 Å². The minimum atomic E-state index is -0.229. The maximum Gasteiger partial charge on any atom is 0.262 e. The van der Waals surface area contributed by atoms with Crippen molar-refractivity contribution in [1.29, 1.82) is 0 Å². The Bertz CT molecular complexity index is 1150. The molecule has 6 nitrogen and oxygen atoms in total. The Morgan fingerprint density at radius 3 is 2.27 bits per heavy atom. The van der Waals surface area contributed by atoms with Gasteiger partial charge >= 0.3 is 0 Å². The van der Waals surface area contributed by atoms with Crippen LogP contribution in [0.4, 0.5) is 5.69 Å². The van der Waals surface area contributed by atoms with Crippen molar-refractivity contribution >= 4 is 11.6 Å². The number of carbonyl (C=O) groups is 1. The molecule has 0 aliphatic carbocycles. The van der Waals surface area contributed by atoms with Gasteiger partial charge in [0.25, 0.3) is 5.91 Å². The third kappa shape index (κ3) is 4.55. The molecule has 0 bridgehead atoms. The molecule has 0 saturated carbocycles. The van der Waals surface area contributed by atoms with E-state index in [0.717, 1.165) is 22.3 Å². The molecule has 0 saturated heterocycles. The van der Waals surface area contributed by atoms with E-state index in [4.69, 9.17) is 9.15 Å². The van der Waals surface area contributed by atoms with E-state index >= 15 is 0 Å². The van der Waals surface area contributed by atoms with Gasteiger partial charge < -0.3 is 14.5 Å². The molecule has 150 valence electrons. The van der Waals surface area contributed by atoms with Crippen molar-refractivity contribution in [1.82, 2.24) is 10.2 Å². The summed E-state index contributed by atoms with van der Waals surface area (Å²) >= 11 is 0. The molecule has 4 rings (SSSR count). The third-order valence-corrected chi connectivity index (χ3v) is 4.56. The van der Waals surface area contributed by atoms with Gasteiger partial charge in [0.2, 0.25) is 11.8 Å². The monoisotopic (exact) mass is 399 g/mol. The summed E-state index contributed by atoms with van der Waals surface area (Å²) in [4.78, 5) is 12.2. The van der Waals surface area contributed by atoms with Crippen molar-refractivity contribution in [2.24, 2.45) is 0 Å². The number of anilines is 1. The number of rotatable bonds is 6. The highest BCUT2D eigenvalue weighted by molar-refractivity contribution is 5.92. The highest BCUT2D eigenvalue weighted by Crippen LogP contribution is 2.25. The van der Waals surface area contributed by atoms with E-state index in [2.05, 4.69) is 15.5 Å². The Kier molecular flexibility index (Phi) is 5.57. The first-order chi connectivity index (χ1) is 14.6. The lowest BCUT2D eigenvalue weighted by atomic mass is 10.1. The summed E-state index contributed by atoms with van der Waals surface area (Å²) in [5.74, 6) is 1.37. The summed E-state index contributed by atoms with van der Waals surface area (Å²) < 4.78 is 11.4. The number of carbonyl (C=O) groups excluding carboxylic acids is 1. The largest absolute Gasteiger partial charge is 0.483 e. The molecule has 1 N–H and O–H groups in total. The molecule has 0 fully saturated rings. The zero-order valence-electron chi connectivity index (χ0n) is 16.8. The van der Waals surface area contributed by atoms with E-state index in [-0.39, 0.29) is 12.5 Å². The predicted octanol–water partition coefficient (Wildman–Crippen LogP) is 5.04. The van der Waals surface area contributed by atoms with Crippen molar-refractivity contribution in [3.63, 3.8) is 0 Å². The van der Waals surface area contributed by atoms with Crippen LogP contribution in [0.15, 0.2) is 77.2 Å². The fraction of sp³-hybridized carbons (Fsp3) is 0.125. The van der Waals surface area contributed by atoms with Crippen LogP contribution in [-0.2, 0) is 4.79 Å². The number of amides is 1. The summed E-state index contributed by atoms with van der Waals surface area (Å²) in [6.07, 6.45) is 0. The van der Waals surface area contributed by atoms with Crippen LogP contribution >= 0.6 is 0 Å². The van der Waals surface area contributed by atoms with Crippen molar-refractivity contribution < 1.29 is 13.9 Å². The average Bonchev–Trinajstić information content (AvgIpc) is 3.26. The molecule has 1 heterocycles. The van der Waals surface area contributed by atoms with Gasteiger partial charge in [-0.1, -0.05) is 30.3 Å². The molecule has 0 atom stereocenters. The maximum absolute atomic E-state index is 12.2. The molecule has 0 radical (unpaired) electrons. The van der Waals surface area contributed by atoms with Gasteiger partial charge in [-0.25, -0.2) is 0 Å². The number of aromatic nitrogens is 2. The highest BCUT2D eigenvalue weighted by Gasteiger charge is 2.11. The van der Waals surface area contributed by atoms with E-state index in [1.54, 1.807) is 12.1 Å². The standard InChI is InChI=1S/C24H21N3O3/c1-16-8-9-17(2)21(14-16)29-15-22(28)25-20-12-10-19(11-13-20)24-27-26-23(30-24)18-6-4-3-5-7-18/h3-14H,15H2,1-2H3,(H,25,28). The van der Waals surface area contributed by atoms with Crippen molar-refractivity contribution in [3.8, 4) is 28.7 Å². The number of hydrogen-bond donors (Lipinski definition) is 1. The number of hydrogen-bond acceptors (Lipinski definition) is 5. The van der Waals surface area contributed by atoms with Gasteiger partial charge in [0.15, 0.2) is 6.61 Å². The summed E-state index contributed by atoms with van der Waals surface area (Å²) in [6.45, 7) is 3.88. The Morgan fingerprint density at radius 1 is 0.900 bits per heavy atom. The first-order valence-electron chi connectivity index (χ1n) is 9.58. The van der Waals surface area contributed by atoms with Crippen LogP contribution in [0, 0.1) is 13.8 Å². The SMILES string of the molecule is Cc1ccc(C)c(OCC(=O)Nc2ccc(-c3nnc(-c4ccccc4)o3)cc2)c1. The number of nitrogens with zero attached hydrogens (tertiary/aromatic N) is 2. The smallest absolute Gasteiger partial charge is 0.262 e. The fourth-order valence-corrected chi connectivity index (χ4v) is 2.94. The number of benzene rings is 3. The molecule has 0 unspecified atom stereocenters. The highest BCUT2D eigenvalue weighted by atomic mass is 16.5. The number of ether oxygens (including phenoxy) is 1. The van der Waals surface area contributed by atoms with Crippen molar-refractivity contribution in [3.05, 3.63) is 83.9 Å². The summed E-state index contributed by atoms with van der Waals surface area (Å²) in [7, 11) is 0. The van der Waals surface area contributed by atoms with E-state index in [9.17, 15) is 4.79 Å². The van der Waals surface area contributed by atoms with Gasteiger partial charge in [-0.3, -0.25) is 4.79 Å². The van der Waals surface area contributed by atoms with Crippen LogP contribution in [-0.4, -0.2) is 22.7 Å². The van der Waals surface area contributed by atoms with Gasteiger partial charge in [-0.15, -0.1) is 10.2 Å². The number of aryl methyl sites for hydroxylation is 2. The lowest BCUT2D eigenvalue weighted by Crippen LogP contribution is -2.20. The zero-order chi connectivity index (χ0) is 20.9. The normalized spacial score (nSPS) is 10.6. The molecule has 0 aliphatic heterocycles. The molecule has 4 aromatic rings. The average molecular weight is 399 g/mol. The van der Waals surface area contributed by atoms with Gasteiger partial charge in [0.1, 0.15) is 5.75 Å². The Morgan fingerprint density at radius 2 is 1.57 bits per heavy atom. The summed E-state index contributed by atoms with van der Waals surface area (Å²) in [5, 5.41) is 11.0. The lowest BCUT2D eigenvalue weighted by Gasteiger charge is -2.10. The van der Waals surface area contributed by atoms with Crippen LogP contribution in [0.1, 0.15) is 11.1 Å². The summed E-state index contributed by atoms with van der Waals surface area (Å²) in [6, 6.07) is 22.7. The second kappa shape index (κ2) is 8.61. The van der Waals surface area contributed by atoms with Gasteiger partial charge in [0, 0.05) is 16.8 Å². The Labute approximate surface area is 174 Å². The minimum Gasteiger partial charge on any atom is -0.483 e. The van der Waals surface area contributed by atoms with Crippen molar-refractivity contribution in [2.75, 3.05) is 11.9 Å². The molecule has 6 heteroatoms. The van der Waals surface area contributed by atoms with Crippen LogP contribution in [0.2, 0.25) is 0 Å². The summed E-state index contributed by atoms with van der Waals surface area (Å²) in [5.41, 5.74) is 4.38. The molecular formula is C24H21N3O3. The van der Waals surface area contributed by atoms with Crippen LogP contribution in [0.3, 0.4) is 0 Å². The van der Waals surface area contributed by atoms with E-state index in [1.807, 2.05) is 74.5 Å². The van der Waals surface area contributed by atoms with Crippen molar-refractivity contribution in [2.45, 2.75) is 13.8 Å². The minimum absolute atomic E-state index is 0.0594. The second-order valence-corrected chi connectivity index (χ2v) is 6.96. The molecule has 0 aliphatic rings. The second-order valence-electron chi connectivity index (χ2n) is 6.96. The first-order valence-corrected chi connectivity index (χ1v) is 9.58. The topological polar surface area (TPSA) is 77.2 Å². The molecule has 1 amide bonds. The predicted molar refractivity (Wildman–Crippen MR) is 115 cm³/mol. The molecular weight excluding hydrogens is 378 g/mol. The quantitative estimate of drug-likeness (QED) is 0.492. The first kappa shape index (κ1) is 19.4. The zero-order valence-corrected chi connectivity index (χ0v) is 16.8. The maximum atomic E-state index is 12.2. The van der Waals surface area contributed by atoms with E-state index < -0.39 is 0 Å². The van der Waals surface area contributed by atoms with E-state index in [1.165, 1.54) is 0 Å². The van der Waals surface area contributed by atoms with E-state index in [0.29, 0.717) is 23.2 Å². The molecule has 1 aromatic heterocycles. The Hall–Kier alpha value is -3.93.